The molecule has 2 aromatic rings. The van der Waals surface area contributed by atoms with Gasteiger partial charge in [0.25, 0.3) is 0 Å². The van der Waals surface area contributed by atoms with Gasteiger partial charge in [-0.3, -0.25) is 9.78 Å². The fourth-order valence-corrected chi connectivity index (χ4v) is 2.20. The maximum absolute atomic E-state index is 11.8. The minimum atomic E-state index is -0.608. The molecule has 1 aromatic heterocycles. The zero-order chi connectivity index (χ0) is 16.1. The molecule has 0 radical (unpaired) electrons. The summed E-state index contributed by atoms with van der Waals surface area (Å²) in [4.78, 5) is 27.6. The number of aromatic nitrogens is 1. The minimum Gasteiger partial charge on any atom is -0.389 e. The topological polar surface area (TPSA) is 56.3 Å². The van der Waals surface area contributed by atoms with E-state index in [0.717, 1.165) is 22.5 Å². The Morgan fingerprint density at radius 1 is 1.05 bits per heavy atom. The van der Waals surface area contributed by atoms with Crippen molar-refractivity contribution in [3.05, 3.63) is 53.3 Å². The molecule has 1 heterocycles. The molecule has 22 heavy (non-hydrogen) atoms. The summed E-state index contributed by atoms with van der Waals surface area (Å²) < 4.78 is 4.77. The number of rotatable bonds is 4. The molecule has 0 amide bonds. The van der Waals surface area contributed by atoms with Gasteiger partial charge in [-0.15, -0.1) is 0 Å². The second-order valence-corrected chi connectivity index (χ2v) is 5.17. The molecule has 0 saturated carbocycles. The van der Waals surface area contributed by atoms with Crippen molar-refractivity contribution in [2.24, 2.45) is 0 Å². The Kier molecular flexibility index (Phi) is 5.04. The number of carbonyl (C=O) groups is 2. The molecule has 2 rings (SSSR count). The van der Waals surface area contributed by atoms with Gasteiger partial charge in [-0.2, -0.15) is 0 Å². The van der Waals surface area contributed by atoms with Crippen LogP contribution in [0.1, 0.15) is 41.5 Å². The van der Waals surface area contributed by atoms with Crippen molar-refractivity contribution in [2.75, 3.05) is 0 Å². The number of esters is 2. The standard InChI is InChI=1S/C18H19NO3/c1-4-5-17(20)22-18(21)15-9-7-14(8-10-15)16-11-6-12(2)19-13(16)3/h6-11H,4-5H2,1-3H3. The molecule has 0 fully saturated rings. The Labute approximate surface area is 130 Å². The Morgan fingerprint density at radius 3 is 2.32 bits per heavy atom. The third-order valence-electron chi connectivity index (χ3n) is 3.32. The van der Waals surface area contributed by atoms with Crippen LogP contribution < -0.4 is 0 Å². The Balaban J connectivity index is 2.16. The fraction of sp³-hybridized carbons (Fsp3) is 0.278. The first-order valence-corrected chi connectivity index (χ1v) is 7.31. The van der Waals surface area contributed by atoms with Crippen molar-refractivity contribution in [1.29, 1.82) is 0 Å². The quantitative estimate of drug-likeness (QED) is 0.635. The number of nitrogens with zero attached hydrogens (tertiary/aromatic N) is 1. The molecular weight excluding hydrogens is 278 g/mol. The predicted molar refractivity (Wildman–Crippen MR) is 84.5 cm³/mol. The normalized spacial score (nSPS) is 10.3. The Bertz CT molecular complexity index is 690. The van der Waals surface area contributed by atoms with Gasteiger partial charge in [0.15, 0.2) is 0 Å². The first-order valence-electron chi connectivity index (χ1n) is 7.31. The minimum absolute atomic E-state index is 0.248. The summed E-state index contributed by atoms with van der Waals surface area (Å²) in [5, 5.41) is 0. The highest BCUT2D eigenvalue weighted by Gasteiger charge is 2.12. The highest BCUT2D eigenvalue weighted by atomic mass is 16.6. The van der Waals surface area contributed by atoms with Crippen LogP contribution in [0.2, 0.25) is 0 Å². The first-order chi connectivity index (χ1) is 10.5. The maximum atomic E-state index is 11.8. The van der Waals surface area contributed by atoms with Crippen LogP contribution in [0.4, 0.5) is 0 Å². The molecule has 0 aliphatic rings. The van der Waals surface area contributed by atoms with E-state index in [0.29, 0.717) is 12.0 Å². The predicted octanol–water partition coefficient (Wildman–Crippen LogP) is 3.85. The van der Waals surface area contributed by atoms with Gasteiger partial charge in [0.1, 0.15) is 0 Å². The van der Waals surface area contributed by atoms with Gasteiger partial charge >= 0.3 is 11.9 Å². The third kappa shape index (κ3) is 3.79. The summed E-state index contributed by atoms with van der Waals surface area (Å²) in [6, 6.07) is 11.0. The van der Waals surface area contributed by atoms with E-state index in [-0.39, 0.29) is 6.42 Å². The monoisotopic (exact) mass is 297 g/mol. The van der Waals surface area contributed by atoms with E-state index >= 15 is 0 Å². The number of carbonyl (C=O) groups excluding carboxylic acids is 2. The molecule has 4 nitrogen and oxygen atoms in total. The molecule has 0 aliphatic heterocycles. The lowest BCUT2D eigenvalue weighted by Gasteiger charge is -2.07. The van der Waals surface area contributed by atoms with Crippen LogP contribution in [0.25, 0.3) is 11.1 Å². The lowest BCUT2D eigenvalue weighted by Crippen LogP contribution is -2.11. The van der Waals surface area contributed by atoms with Gasteiger partial charge in [0, 0.05) is 23.4 Å². The SMILES string of the molecule is CCCC(=O)OC(=O)c1ccc(-c2ccc(C)nc2C)cc1. The van der Waals surface area contributed by atoms with Crippen LogP contribution in [-0.2, 0) is 9.53 Å². The van der Waals surface area contributed by atoms with E-state index in [1.54, 1.807) is 12.1 Å². The van der Waals surface area contributed by atoms with Gasteiger partial charge in [-0.05, 0) is 44.0 Å². The molecule has 0 bridgehead atoms. The number of ether oxygens (including phenoxy) is 1. The molecule has 0 aliphatic carbocycles. The van der Waals surface area contributed by atoms with Crippen LogP contribution in [0, 0.1) is 13.8 Å². The molecule has 0 atom stereocenters. The molecule has 114 valence electrons. The average Bonchev–Trinajstić information content (AvgIpc) is 2.47. The second kappa shape index (κ2) is 6.98. The number of hydrogen-bond donors (Lipinski definition) is 0. The molecule has 0 N–H and O–H groups in total. The highest BCUT2D eigenvalue weighted by Crippen LogP contribution is 2.23. The smallest absolute Gasteiger partial charge is 0.345 e. The van der Waals surface area contributed by atoms with Crippen LogP contribution in [-0.4, -0.2) is 16.9 Å². The van der Waals surface area contributed by atoms with E-state index in [9.17, 15) is 9.59 Å². The van der Waals surface area contributed by atoms with Gasteiger partial charge in [0.2, 0.25) is 0 Å². The highest BCUT2D eigenvalue weighted by molar-refractivity contribution is 5.97. The van der Waals surface area contributed by atoms with Crippen molar-refractivity contribution < 1.29 is 14.3 Å². The van der Waals surface area contributed by atoms with Crippen LogP contribution in [0.5, 0.6) is 0 Å². The summed E-state index contributed by atoms with van der Waals surface area (Å²) in [6.07, 6.45) is 0.906. The van der Waals surface area contributed by atoms with Crippen molar-refractivity contribution in [1.82, 2.24) is 4.98 Å². The third-order valence-corrected chi connectivity index (χ3v) is 3.32. The van der Waals surface area contributed by atoms with Crippen LogP contribution in [0.3, 0.4) is 0 Å². The van der Waals surface area contributed by atoms with Gasteiger partial charge in [-0.1, -0.05) is 25.1 Å². The number of pyridine rings is 1. The van der Waals surface area contributed by atoms with Crippen molar-refractivity contribution in [3.8, 4) is 11.1 Å². The van der Waals surface area contributed by atoms with Crippen molar-refractivity contribution in [2.45, 2.75) is 33.6 Å². The lowest BCUT2D eigenvalue weighted by atomic mass is 10.0. The summed E-state index contributed by atoms with van der Waals surface area (Å²) in [5.41, 5.74) is 4.27. The largest absolute Gasteiger partial charge is 0.389 e. The fourth-order valence-electron chi connectivity index (χ4n) is 2.20. The summed E-state index contributed by atoms with van der Waals surface area (Å²) in [5.74, 6) is -1.10. The molecule has 1 aromatic carbocycles. The molecule has 0 spiro atoms. The van der Waals surface area contributed by atoms with Gasteiger partial charge in [-0.25, -0.2) is 4.79 Å². The van der Waals surface area contributed by atoms with E-state index in [1.807, 2.05) is 45.0 Å². The van der Waals surface area contributed by atoms with E-state index < -0.39 is 11.9 Å². The van der Waals surface area contributed by atoms with E-state index in [1.165, 1.54) is 0 Å². The second-order valence-electron chi connectivity index (χ2n) is 5.17. The molecule has 0 saturated heterocycles. The maximum Gasteiger partial charge on any atom is 0.345 e. The summed E-state index contributed by atoms with van der Waals surface area (Å²) in [7, 11) is 0. The summed E-state index contributed by atoms with van der Waals surface area (Å²) >= 11 is 0. The van der Waals surface area contributed by atoms with Gasteiger partial charge < -0.3 is 4.74 Å². The van der Waals surface area contributed by atoms with Gasteiger partial charge in [0.05, 0.1) is 5.56 Å². The number of hydrogen-bond acceptors (Lipinski definition) is 4. The Hall–Kier alpha value is -2.49. The Morgan fingerprint density at radius 2 is 1.73 bits per heavy atom. The zero-order valence-corrected chi connectivity index (χ0v) is 13.1. The van der Waals surface area contributed by atoms with E-state index in [4.69, 9.17) is 4.74 Å². The molecular formula is C18H19NO3. The van der Waals surface area contributed by atoms with Crippen molar-refractivity contribution >= 4 is 11.9 Å². The van der Waals surface area contributed by atoms with Crippen LogP contribution >= 0.6 is 0 Å². The zero-order valence-electron chi connectivity index (χ0n) is 13.1. The van der Waals surface area contributed by atoms with Crippen LogP contribution in [0.15, 0.2) is 36.4 Å². The number of benzene rings is 1. The van der Waals surface area contributed by atoms with E-state index in [2.05, 4.69) is 4.98 Å². The number of aryl methyl sites for hydroxylation is 2. The molecule has 4 heteroatoms. The molecule has 0 unspecified atom stereocenters. The van der Waals surface area contributed by atoms with Crippen molar-refractivity contribution in [3.63, 3.8) is 0 Å². The first kappa shape index (κ1) is 15.9. The average molecular weight is 297 g/mol. The lowest BCUT2D eigenvalue weighted by molar-refractivity contribution is -0.137. The summed E-state index contributed by atoms with van der Waals surface area (Å²) in [6.45, 7) is 5.76.